The van der Waals surface area contributed by atoms with Gasteiger partial charge in [-0.2, -0.15) is 0 Å². The van der Waals surface area contributed by atoms with E-state index in [1.807, 2.05) is 37.3 Å². The van der Waals surface area contributed by atoms with Gasteiger partial charge < -0.3 is 10.1 Å². The van der Waals surface area contributed by atoms with Crippen LogP contribution in [0.4, 0.5) is 24.7 Å². The average Bonchev–Trinajstić information content (AvgIpc) is 2.49. The number of hydrogen-bond acceptors (Lipinski definition) is 3. The Morgan fingerprint density at radius 2 is 1.70 bits per heavy atom. The largest absolute Gasteiger partial charge is 0.573 e. The van der Waals surface area contributed by atoms with E-state index in [0.29, 0.717) is 11.5 Å². The Kier molecular flexibility index (Phi) is 3.82. The molecule has 0 saturated heterocycles. The fraction of sp³-hybridized carbons (Fsp3) is 0.118. The zero-order valence-corrected chi connectivity index (χ0v) is 12.2. The van der Waals surface area contributed by atoms with Crippen LogP contribution in [-0.4, -0.2) is 11.3 Å². The van der Waals surface area contributed by atoms with Gasteiger partial charge in [0.1, 0.15) is 11.6 Å². The molecule has 1 heterocycles. The first kappa shape index (κ1) is 15.1. The lowest BCUT2D eigenvalue weighted by molar-refractivity contribution is -0.274. The molecule has 0 fully saturated rings. The van der Waals surface area contributed by atoms with Gasteiger partial charge in [-0.25, -0.2) is 4.98 Å². The van der Waals surface area contributed by atoms with Gasteiger partial charge in [0.2, 0.25) is 0 Å². The van der Waals surface area contributed by atoms with E-state index in [-0.39, 0.29) is 5.75 Å². The molecule has 0 bridgehead atoms. The van der Waals surface area contributed by atoms with Crippen LogP contribution < -0.4 is 10.1 Å². The van der Waals surface area contributed by atoms with E-state index in [1.54, 1.807) is 0 Å². The Morgan fingerprint density at radius 3 is 2.39 bits per heavy atom. The fourth-order valence-electron chi connectivity index (χ4n) is 2.25. The maximum atomic E-state index is 12.1. The minimum Gasteiger partial charge on any atom is -0.406 e. The van der Waals surface area contributed by atoms with Crippen LogP contribution in [0.2, 0.25) is 0 Å². The van der Waals surface area contributed by atoms with Crippen molar-refractivity contribution in [2.75, 3.05) is 5.32 Å². The third-order valence-electron chi connectivity index (χ3n) is 3.28. The maximum absolute atomic E-state index is 12.1. The number of nitrogens with zero attached hydrogens (tertiary/aromatic N) is 1. The molecule has 1 aromatic heterocycles. The summed E-state index contributed by atoms with van der Waals surface area (Å²) in [6.45, 7) is 1.97. The predicted molar refractivity (Wildman–Crippen MR) is 82.9 cm³/mol. The van der Waals surface area contributed by atoms with E-state index in [2.05, 4.69) is 15.0 Å². The van der Waals surface area contributed by atoms with Crippen LogP contribution in [-0.2, 0) is 0 Å². The molecule has 3 aromatic rings. The first-order valence-electron chi connectivity index (χ1n) is 6.90. The second kappa shape index (κ2) is 5.79. The molecule has 0 aliphatic rings. The monoisotopic (exact) mass is 318 g/mol. The molecule has 0 spiro atoms. The van der Waals surface area contributed by atoms with Gasteiger partial charge >= 0.3 is 6.36 Å². The Morgan fingerprint density at radius 1 is 0.957 bits per heavy atom. The lowest BCUT2D eigenvalue weighted by atomic mass is 10.1. The zero-order valence-electron chi connectivity index (χ0n) is 12.2. The number of benzene rings is 2. The number of ether oxygens (including phenoxy) is 1. The van der Waals surface area contributed by atoms with Gasteiger partial charge in [-0.1, -0.05) is 18.2 Å². The number of alkyl halides is 3. The lowest BCUT2D eigenvalue weighted by Crippen LogP contribution is -2.16. The Bertz CT molecular complexity index is 829. The quantitative estimate of drug-likeness (QED) is 0.722. The van der Waals surface area contributed by atoms with Crippen molar-refractivity contribution in [3.8, 4) is 5.75 Å². The minimum atomic E-state index is -4.69. The van der Waals surface area contributed by atoms with Gasteiger partial charge in [-0.3, -0.25) is 0 Å². The summed E-state index contributed by atoms with van der Waals surface area (Å²) in [5, 5.41) is 4.10. The maximum Gasteiger partial charge on any atom is 0.573 e. The predicted octanol–water partition coefficient (Wildman–Crippen LogP) is 5.19. The van der Waals surface area contributed by atoms with Crippen molar-refractivity contribution in [2.45, 2.75) is 13.3 Å². The molecule has 0 aliphatic carbocycles. The standard InChI is InChI=1S/C17H13F3N2O/c1-11-3-2-4-12-5-10-15(22-16(11)12)21-13-6-8-14(9-7-13)23-17(18,19)20/h2-10H,1H3,(H,21,22). The molecular formula is C17H13F3N2O. The number of rotatable bonds is 3. The summed E-state index contributed by atoms with van der Waals surface area (Å²) < 4.78 is 40.2. The highest BCUT2D eigenvalue weighted by Crippen LogP contribution is 2.26. The van der Waals surface area contributed by atoms with Crippen LogP contribution in [0, 0.1) is 6.92 Å². The topological polar surface area (TPSA) is 34.1 Å². The first-order chi connectivity index (χ1) is 10.9. The fourth-order valence-corrected chi connectivity index (χ4v) is 2.25. The third-order valence-corrected chi connectivity index (χ3v) is 3.28. The molecular weight excluding hydrogens is 305 g/mol. The number of nitrogens with one attached hydrogen (secondary N) is 1. The van der Waals surface area contributed by atoms with Crippen molar-refractivity contribution in [1.82, 2.24) is 4.98 Å². The molecule has 2 aromatic carbocycles. The molecule has 3 nitrogen and oxygen atoms in total. The Balaban J connectivity index is 1.80. The molecule has 0 atom stereocenters. The second-order valence-corrected chi connectivity index (χ2v) is 5.04. The van der Waals surface area contributed by atoms with Crippen LogP contribution >= 0.6 is 0 Å². The number of aromatic nitrogens is 1. The molecule has 0 saturated carbocycles. The van der Waals surface area contributed by atoms with Gasteiger partial charge in [0.25, 0.3) is 0 Å². The number of hydrogen-bond donors (Lipinski definition) is 1. The van der Waals surface area contributed by atoms with E-state index in [4.69, 9.17) is 0 Å². The molecule has 0 unspecified atom stereocenters. The zero-order chi connectivity index (χ0) is 16.4. The van der Waals surface area contributed by atoms with Crippen molar-refractivity contribution in [3.05, 3.63) is 60.2 Å². The van der Waals surface area contributed by atoms with Gasteiger partial charge in [-0.05, 0) is 48.9 Å². The van der Waals surface area contributed by atoms with Crippen molar-refractivity contribution in [1.29, 1.82) is 0 Å². The Hall–Kier alpha value is -2.76. The van der Waals surface area contributed by atoms with Gasteiger partial charge in [-0.15, -0.1) is 13.2 Å². The number of aryl methyl sites for hydroxylation is 1. The van der Waals surface area contributed by atoms with E-state index in [0.717, 1.165) is 16.5 Å². The van der Waals surface area contributed by atoms with Crippen LogP contribution in [0.25, 0.3) is 10.9 Å². The summed E-state index contributed by atoms with van der Waals surface area (Å²) >= 11 is 0. The second-order valence-electron chi connectivity index (χ2n) is 5.04. The summed E-state index contributed by atoms with van der Waals surface area (Å²) in [6, 6.07) is 15.2. The molecule has 3 rings (SSSR count). The molecule has 1 N–H and O–H groups in total. The van der Waals surface area contributed by atoms with E-state index >= 15 is 0 Å². The summed E-state index contributed by atoms with van der Waals surface area (Å²) in [6.07, 6.45) is -4.69. The SMILES string of the molecule is Cc1cccc2ccc(Nc3ccc(OC(F)(F)F)cc3)nc12. The van der Waals surface area contributed by atoms with Crippen molar-refractivity contribution in [3.63, 3.8) is 0 Å². The summed E-state index contributed by atoms with van der Waals surface area (Å²) in [4.78, 5) is 4.53. The normalized spacial score (nSPS) is 11.5. The minimum absolute atomic E-state index is 0.259. The first-order valence-corrected chi connectivity index (χ1v) is 6.90. The van der Waals surface area contributed by atoms with Crippen molar-refractivity contribution >= 4 is 22.4 Å². The van der Waals surface area contributed by atoms with E-state index in [1.165, 1.54) is 24.3 Å². The third kappa shape index (κ3) is 3.71. The van der Waals surface area contributed by atoms with Crippen LogP contribution in [0.1, 0.15) is 5.56 Å². The van der Waals surface area contributed by atoms with Gasteiger partial charge in [0.15, 0.2) is 0 Å². The van der Waals surface area contributed by atoms with E-state index in [9.17, 15) is 13.2 Å². The highest BCUT2D eigenvalue weighted by Gasteiger charge is 2.30. The summed E-state index contributed by atoms with van der Waals surface area (Å²) in [5.74, 6) is 0.363. The van der Waals surface area contributed by atoms with Crippen LogP contribution in [0.5, 0.6) is 5.75 Å². The molecule has 0 radical (unpaired) electrons. The van der Waals surface area contributed by atoms with Crippen LogP contribution in [0.3, 0.4) is 0 Å². The number of fused-ring (bicyclic) bond motifs is 1. The van der Waals surface area contributed by atoms with Gasteiger partial charge in [0, 0.05) is 11.1 Å². The molecule has 23 heavy (non-hydrogen) atoms. The molecule has 118 valence electrons. The number of pyridine rings is 1. The Labute approximate surface area is 130 Å². The lowest BCUT2D eigenvalue weighted by Gasteiger charge is -2.11. The van der Waals surface area contributed by atoms with Crippen molar-refractivity contribution in [2.24, 2.45) is 0 Å². The molecule has 6 heteroatoms. The highest BCUT2D eigenvalue weighted by atomic mass is 19.4. The number of para-hydroxylation sites is 1. The average molecular weight is 318 g/mol. The van der Waals surface area contributed by atoms with Gasteiger partial charge in [0.05, 0.1) is 5.52 Å². The molecule has 0 amide bonds. The molecule has 0 aliphatic heterocycles. The van der Waals surface area contributed by atoms with Crippen molar-refractivity contribution < 1.29 is 17.9 Å². The van der Waals surface area contributed by atoms with E-state index < -0.39 is 6.36 Å². The summed E-state index contributed by atoms with van der Waals surface area (Å²) in [7, 11) is 0. The highest BCUT2D eigenvalue weighted by molar-refractivity contribution is 5.83. The number of anilines is 2. The summed E-state index contributed by atoms with van der Waals surface area (Å²) in [5.41, 5.74) is 2.56. The van der Waals surface area contributed by atoms with Crippen LogP contribution in [0.15, 0.2) is 54.6 Å². The number of halogens is 3. The smallest absolute Gasteiger partial charge is 0.406 e.